The highest BCUT2D eigenvalue weighted by molar-refractivity contribution is 7.99. The third-order valence-electron chi connectivity index (χ3n) is 5.34. The average molecular weight is 498 g/mol. The van der Waals surface area contributed by atoms with Gasteiger partial charge in [0.2, 0.25) is 5.91 Å². The number of benzene rings is 1. The van der Waals surface area contributed by atoms with Crippen molar-refractivity contribution in [2.24, 2.45) is 0 Å². The summed E-state index contributed by atoms with van der Waals surface area (Å²) in [6.07, 6.45) is 0.405. The Morgan fingerprint density at radius 2 is 2.06 bits per heavy atom. The monoisotopic (exact) mass is 497 g/mol. The molecule has 0 bridgehead atoms. The van der Waals surface area contributed by atoms with Crippen LogP contribution in [-0.4, -0.2) is 41.0 Å². The second-order valence-corrected chi connectivity index (χ2v) is 9.69. The van der Waals surface area contributed by atoms with Crippen LogP contribution < -0.4 is 15.6 Å². The van der Waals surface area contributed by atoms with Crippen molar-refractivity contribution in [3.63, 3.8) is 0 Å². The molecule has 0 radical (unpaired) electrons. The number of amides is 1. The molecule has 2 aromatic heterocycles. The fourth-order valence-electron chi connectivity index (χ4n) is 3.82. The van der Waals surface area contributed by atoms with Crippen LogP contribution in [0.15, 0.2) is 34.2 Å². The second-order valence-electron chi connectivity index (χ2n) is 7.66. The highest BCUT2D eigenvalue weighted by Gasteiger charge is 2.28. The molecular weight excluding hydrogens is 475 g/mol. The van der Waals surface area contributed by atoms with Crippen molar-refractivity contribution in [1.82, 2.24) is 14.9 Å². The van der Waals surface area contributed by atoms with Gasteiger partial charge in [0.1, 0.15) is 17.1 Å². The SMILES string of the molecule is COc1cccc(-n2c(SCC(=O)NCC(F)(F)F)nc3sc4c(c3c2=O)CCCCC4)c1. The maximum atomic E-state index is 13.7. The number of hydrogen-bond donors (Lipinski definition) is 1. The van der Waals surface area contributed by atoms with E-state index in [0.717, 1.165) is 54.3 Å². The van der Waals surface area contributed by atoms with Gasteiger partial charge in [0, 0.05) is 10.9 Å². The molecule has 1 aromatic carbocycles. The molecule has 3 aromatic rings. The smallest absolute Gasteiger partial charge is 0.405 e. The molecule has 0 unspecified atom stereocenters. The van der Waals surface area contributed by atoms with Crippen molar-refractivity contribution in [2.45, 2.75) is 43.4 Å². The van der Waals surface area contributed by atoms with Gasteiger partial charge in [0.25, 0.3) is 5.56 Å². The summed E-state index contributed by atoms with van der Waals surface area (Å²) in [5, 5.41) is 2.69. The number of halogens is 3. The van der Waals surface area contributed by atoms with Crippen LogP contribution >= 0.6 is 23.1 Å². The number of ether oxygens (including phenoxy) is 1. The first kappa shape index (κ1) is 23.6. The van der Waals surface area contributed by atoms with E-state index in [4.69, 9.17) is 4.74 Å². The Balaban J connectivity index is 1.77. The Labute approximate surface area is 196 Å². The molecule has 11 heteroatoms. The van der Waals surface area contributed by atoms with E-state index >= 15 is 0 Å². The summed E-state index contributed by atoms with van der Waals surface area (Å²) in [4.78, 5) is 32.2. The zero-order valence-corrected chi connectivity index (χ0v) is 19.5. The van der Waals surface area contributed by atoms with Gasteiger partial charge in [-0.05, 0) is 43.4 Å². The van der Waals surface area contributed by atoms with Crippen molar-refractivity contribution in [3.05, 3.63) is 45.1 Å². The Kier molecular flexibility index (Phi) is 6.99. The first-order valence-electron chi connectivity index (χ1n) is 10.4. The fraction of sp³-hybridized carbons (Fsp3) is 0.409. The standard InChI is InChI=1S/C22H22F3N3O3S2/c1-31-14-7-5-6-13(10-14)28-20(30)18-15-8-3-2-4-9-16(15)33-19(18)27-21(28)32-11-17(29)26-12-22(23,24)25/h5-7,10H,2-4,8-9,11-12H2,1H3,(H,26,29). The van der Waals surface area contributed by atoms with Gasteiger partial charge in [-0.3, -0.25) is 14.2 Å². The van der Waals surface area contributed by atoms with Gasteiger partial charge in [0.15, 0.2) is 5.16 Å². The fourth-order valence-corrected chi connectivity index (χ4v) is 5.96. The predicted octanol–water partition coefficient (Wildman–Crippen LogP) is 4.50. The Bertz CT molecular complexity index is 1240. The molecule has 0 saturated heterocycles. The number of methoxy groups -OCH3 is 1. The molecule has 0 aliphatic heterocycles. The third-order valence-corrected chi connectivity index (χ3v) is 7.46. The van der Waals surface area contributed by atoms with Crippen molar-refractivity contribution < 1.29 is 22.7 Å². The Hall–Kier alpha value is -2.53. The number of carbonyl (C=O) groups excluding carboxylic acids is 1. The summed E-state index contributed by atoms with van der Waals surface area (Å²) < 4.78 is 44.0. The van der Waals surface area contributed by atoms with E-state index in [-0.39, 0.29) is 16.5 Å². The molecule has 1 aliphatic carbocycles. The minimum atomic E-state index is -4.49. The number of carbonyl (C=O) groups is 1. The van der Waals surface area contributed by atoms with Gasteiger partial charge < -0.3 is 10.1 Å². The van der Waals surface area contributed by atoms with Crippen LogP contribution in [0.1, 0.15) is 29.7 Å². The van der Waals surface area contributed by atoms with Crippen molar-refractivity contribution in [2.75, 3.05) is 19.4 Å². The number of thiophene rings is 1. The van der Waals surface area contributed by atoms with Gasteiger partial charge in [-0.15, -0.1) is 11.3 Å². The first-order chi connectivity index (χ1) is 15.8. The Morgan fingerprint density at radius 1 is 1.27 bits per heavy atom. The molecule has 1 aliphatic rings. The lowest BCUT2D eigenvalue weighted by Gasteiger charge is -2.14. The van der Waals surface area contributed by atoms with Gasteiger partial charge in [0.05, 0.1) is 23.9 Å². The molecular formula is C22H22F3N3O3S2. The summed E-state index contributed by atoms with van der Waals surface area (Å²) in [7, 11) is 1.52. The van der Waals surface area contributed by atoms with E-state index in [1.165, 1.54) is 23.0 Å². The minimum Gasteiger partial charge on any atom is -0.497 e. The molecule has 0 saturated carbocycles. The van der Waals surface area contributed by atoms with Gasteiger partial charge in [-0.1, -0.05) is 24.2 Å². The van der Waals surface area contributed by atoms with E-state index < -0.39 is 18.6 Å². The van der Waals surface area contributed by atoms with Crippen LogP contribution in [0.2, 0.25) is 0 Å². The molecule has 4 rings (SSSR count). The Morgan fingerprint density at radius 3 is 2.82 bits per heavy atom. The van der Waals surface area contributed by atoms with E-state index in [1.54, 1.807) is 24.3 Å². The van der Waals surface area contributed by atoms with Crippen LogP contribution in [0, 0.1) is 0 Å². The van der Waals surface area contributed by atoms with Crippen molar-refractivity contribution >= 4 is 39.2 Å². The van der Waals surface area contributed by atoms with Crippen LogP contribution in [-0.2, 0) is 17.6 Å². The summed E-state index contributed by atoms with van der Waals surface area (Å²) in [5.74, 6) is -0.545. The number of fused-ring (bicyclic) bond motifs is 3. The lowest BCUT2D eigenvalue weighted by atomic mass is 10.1. The normalized spacial score (nSPS) is 14.1. The molecule has 2 heterocycles. The van der Waals surface area contributed by atoms with Crippen molar-refractivity contribution in [3.8, 4) is 11.4 Å². The summed E-state index contributed by atoms with van der Waals surface area (Å²) in [6.45, 7) is -1.40. The lowest BCUT2D eigenvalue weighted by Crippen LogP contribution is -2.35. The number of aromatic nitrogens is 2. The maximum Gasteiger partial charge on any atom is 0.405 e. The number of aryl methyl sites for hydroxylation is 2. The predicted molar refractivity (Wildman–Crippen MR) is 123 cm³/mol. The molecule has 1 amide bonds. The number of alkyl halides is 3. The highest BCUT2D eigenvalue weighted by Crippen LogP contribution is 2.35. The van der Waals surface area contributed by atoms with E-state index in [1.807, 2.05) is 5.32 Å². The number of hydrogen-bond acceptors (Lipinski definition) is 6. The average Bonchev–Trinajstić information content (AvgIpc) is 2.97. The van der Waals surface area contributed by atoms with Gasteiger partial charge in [-0.2, -0.15) is 13.2 Å². The van der Waals surface area contributed by atoms with Crippen LogP contribution in [0.4, 0.5) is 13.2 Å². The molecule has 0 fully saturated rings. The van der Waals surface area contributed by atoms with Crippen LogP contribution in [0.25, 0.3) is 15.9 Å². The summed E-state index contributed by atoms with van der Waals surface area (Å²) in [5.41, 5.74) is 1.31. The third kappa shape index (κ3) is 5.35. The molecule has 6 nitrogen and oxygen atoms in total. The lowest BCUT2D eigenvalue weighted by molar-refractivity contribution is -0.136. The zero-order valence-electron chi connectivity index (χ0n) is 17.8. The number of nitrogens with zero attached hydrogens (tertiary/aromatic N) is 2. The van der Waals surface area contributed by atoms with Crippen LogP contribution in [0.5, 0.6) is 5.75 Å². The quantitative estimate of drug-likeness (QED) is 0.309. The minimum absolute atomic E-state index is 0.245. The molecule has 0 atom stereocenters. The maximum absolute atomic E-state index is 13.7. The van der Waals surface area contributed by atoms with Crippen molar-refractivity contribution in [1.29, 1.82) is 0 Å². The second kappa shape index (κ2) is 9.76. The zero-order chi connectivity index (χ0) is 23.6. The van der Waals surface area contributed by atoms with Gasteiger partial charge in [-0.25, -0.2) is 4.98 Å². The molecule has 33 heavy (non-hydrogen) atoms. The van der Waals surface area contributed by atoms with Crippen LogP contribution in [0.3, 0.4) is 0 Å². The molecule has 176 valence electrons. The van der Waals surface area contributed by atoms with Gasteiger partial charge >= 0.3 is 6.18 Å². The number of rotatable bonds is 6. The summed E-state index contributed by atoms with van der Waals surface area (Å²) >= 11 is 2.42. The highest BCUT2D eigenvalue weighted by atomic mass is 32.2. The largest absolute Gasteiger partial charge is 0.497 e. The topological polar surface area (TPSA) is 73.2 Å². The molecule has 1 N–H and O–H groups in total. The van der Waals surface area contributed by atoms with E-state index in [2.05, 4.69) is 4.98 Å². The number of thioether (sulfide) groups is 1. The summed E-state index contributed by atoms with van der Waals surface area (Å²) in [6, 6.07) is 6.90. The van der Waals surface area contributed by atoms with E-state index in [0.29, 0.717) is 21.7 Å². The first-order valence-corrected chi connectivity index (χ1v) is 12.2. The molecule has 0 spiro atoms. The van der Waals surface area contributed by atoms with E-state index in [9.17, 15) is 22.8 Å². The number of nitrogens with one attached hydrogen (secondary N) is 1.